The van der Waals surface area contributed by atoms with Gasteiger partial charge in [-0.1, -0.05) is 0 Å². The van der Waals surface area contributed by atoms with Gasteiger partial charge in [-0.2, -0.15) is 26.3 Å². The number of alkyl halides is 6. The monoisotopic (exact) mass is 396 g/mol. The SMILES string of the molecule is BC1CN(C(=O)OC(B)(C(F)(F)F)C(F)(F)F)C(B)(B)C(B)N1C(C)(C)C. The number of hydrogen-bond acceptors (Lipinski definition) is 3. The standard InChI is InChI=1S/C12H23B5F6N2O2/c1-8(2,3)25-5(13)4-24(9(15,16)6(25)14)7(26)27-10(17,11(18,19)20)12(21,22)23/h5-6H,4,13-17H2,1-3H3. The third-order valence-electron chi connectivity index (χ3n) is 5.43. The van der Waals surface area contributed by atoms with Crippen LogP contribution in [-0.4, -0.2) is 102 Å². The number of carbonyl (C=O) groups excluding carboxylic acids is 1. The number of ether oxygens (including phenoxy) is 1. The maximum absolute atomic E-state index is 13.1. The predicted octanol–water partition coefficient (Wildman–Crippen LogP) is -2.17. The van der Waals surface area contributed by atoms with E-state index < -0.39 is 29.3 Å². The number of rotatable bonds is 1. The average Bonchev–Trinajstić information content (AvgIpc) is 2.38. The summed E-state index contributed by atoms with van der Waals surface area (Å²) in [5.41, 5.74) is -4.89. The summed E-state index contributed by atoms with van der Waals surface area (Å²) in [6.07, 6.45) is -13.2. The fourth-order valence-electron chi connectivity index (χ4n) is 3.59. The zero-order valence-corrected chi connectivity index (χ0v) is 16.8. The summed E-state index contributed by atoms with van der Waals surface area (Å²) >= 11 is 0. The predicted molar refractivity (Wildman–Crippen MR) is 103 cm³/mol. The molecule has 2 atom stereocenters. The molecule has 15 heteroatoms. The minimum absolute atomic E-state index is 0.0563. The van der Waals surface area contributed by atoms with Crippen molar-refractivity contribution in [3.8, 4) is 0 Å². The number of piperazine rings is 1. The van der Waals surface area contributed by atoms with Gasteiger partial charge >= 0.3 is 18.4 Å². The second kappa shape index (κ2) is 6.88. The van der Waals surface area contributed by atoms with Crippen molar-refractivity contribution in [2.45, 2.75) is 61.4 Å². The van der Waals surface area contributed by atoms with Gasteiger partial charge in [-0.15, -0.1) is 0 Å². The molecule has 0 bridgehead atoms. The molecule has 0 aromatic carbocycles. The molecule has 0 saturated carbocycles. The van der Waals surface area contributed by atoms with E-state index in [9.17, 15) is 31.1 Å². The maximum Gasteiger partial charge on any atom is 0.428 e. The number of carbonyl (C=O) groups is 1. The molecule has 0 spiro atoms. The van der Waals surface area contributed by atoms with Gasteiger partial charge in [-0.05, 0) is 38.0 Å². The zero-order valence-electron chi connectivity index (χ0n) is 16.8. The number of amides is 1. The normalized spacial score (nSPS) is 25.3. The van der Waals surface area contributed by atoms with Crippen LogP contribution in [0.3, 0.4) is 0 Å². The summed E-state index contributed by atoms with van der Waals surface area (Å²) in [6, 6.07) is 0. The van der Waals surface area contributed by atoms with Crippen molar-refractivity contribution in [1.29, 1.82) is 0 Å². The largest absolute Gasteiger partial charge is 0.433 e. The van der Waals surface area contributed by atoms with Gasteiger partial charge in [0.25, 0.3) is 5.50 Å². The smallest absolute Gasteiger partial charge is 0.428 e. The lowest BCUT2D eigenvalue weighted by Crippen LogP contribution is -2.77. The van der Waals surface area contributed by atoms with Crippen LogP contribution >= 0.6 is 0 Å². The molecule has 1 fully saturated rings. The van der Waals surface area contributed by atoms with Crippen LogP contribution in [0.2, 0.25) is 0 Å². The van der Waals surface area contributed by atoms with E-state index in [0.29, 0.717) is 0 Å². The summed E-state index contributed by atoms with van der Waals surface area (Å²) in [4.78, 5) is 15.5. The molecule has 1 amide bonds. The van der Waals surface area contributed by atoms with E-state index in [-0.39, 0.29) is 31.8 Å². The molecule has 0 radical (unpaired) electrons. The number of nitrogens with zero attached hydrogens (tertiary/aromatic N) is 2. The molecule has 1 rings (SSSR count). The van der Waals surface area contributed by atoms with E-state index in [2.05, 4.69) is 9.64 Å². The van der Waals surface area contributed by atoms with E-state index in [1.165, 1.54) is 0 Å². The molecule has 1 heterocycles. The highest BCUT2D eigenvalue weighted by Gasteiger charge is 2.71. The second-order valence-corrected chi connectivity index (χ2v) is 8.76. The summed E-state index contributed by atoms with van der Waals surface area (Å²) in [6.45, 7) is 5.80. The Labute approximate surface area is 159 Å². The number of hydrogen-bond donors (Lipinski definition) is 0. The molecule has 0 N–H and O–H groups in total. The third-order valence-corrected chi connectivity index (χ3v) is 5.43. The lowest BCUT2D eigenvalue weighted by atomic mass is 9.49. The lowest BCUT2D eigenvalue weighted by molar-refractivity contribution is -0.331. The van der Waals surface area contributed by atoms with Crippen molar-refractivity contribution in [1.82, 2.24) is 9.80 Å². The first-order valence-corrected chi connectivity index (χ1v) is 8.60. The van der Waals surface area contributed by atoms with Crippen LogP contribution in [-0.2, 0) is 4.74 Å². The Hall–Kier alpha value is -0.865. The van der Waals surface area contributed by atoms with Crippen LogP contribution in [0, 0.1) is 0 Å². The topological polar surface area (TPSA) is 32.8 Å². The van der Waals surface area contributed by atoms with Gasteiger partial charge in [-0.3, -0.25) is 0 Å². The molecular weight excluding hydrogens is 372 g/mol. The Kier molecular flexibility index (Phi) is 6.16. The first-order chi connectivity index (χ1) is 11.7. The highest BCUT2D eigenvalue weighted by atomic mass is 19.4. The van der Waals surface area contributed by atoms with Gasteiger partial charge in [0, 0.05) is 12.1 Å². The first kappa shape index (κ1) is 24.2. The quantitative estimate of drug-likeness (QED) is 0.374. The van der Waals surface area contributed by atoms with Crippen molar-refractivity contribution in [2.24, 2.45) is 0 Å². The summed E-state index contributed by atoms with van der Waals surface area (Å²) < 4.78 is 82.5. The molecule has 1 aliphatic rings. The summed E-state index contributed by atoms with van der Waals surface area (Å²) in [7, 11) is 6.58. The number of halogens is 6. The fraction of sp³-hybridized carbons (Fsp3) is 0.917. The van der Waals surface area contributed by atoms with E-state index in [1.807, 2.05) is 20.8 Å². The fourth-order valence-corrected chi connectivity index (χ4v) is 3.59. The summed E-state index contributed by atoms with van der Waals surface area (Å²) in [5, 5.41) is -1.05. The van der Waals surface area contributed by atoms with Gasteiger partial charge in [0.15, 0.2) is 7.85 Å². The molecule has 2 unspecified atom stereocenters. The Bertz CT molecular complexity index is 566. The van der Waals surface area contributed by atoms with Gasteiger partial charge in [0.05, 0.1) is 0 Å². The molecule has 1 aliphatic heterocycles. The van der Waals surface area contributed by atoms with Crippen molar-refractivity contribution < 1.29 is 35.9 Å². The Morgan fingerprint density at radius 2 is 1.44 bits per heavy atom. The highest BCUT2D eigenvalue weighted by molar-refractivity contribution is 6.45. The molecule has 0 aromatic rings. The molecule has 4 nitrogen and oxygen atoms in total. The van der Waals surface area contributed by atoms with Crippen LogP contribution in [0.15, 0.2) is 0 Å². The van der Waals surface area contributed by atoms with Crippen LogP contribution in [0.5, 0.6) is 0 Å². The van der Waals surface area contributed by atoms with E-state index in [1.54, 1.807) is 31.4 Å². The minimum Gasteiger partial charge on any atom is -0.433 e. The van der Waals surface area contributed by atoms with Crippen LogP contribution in [0.25, 0.3) is 0 Å². The molecule has 150 valence electrons. The maximum atomic E-state index is 13.1. The second-order valence-electron chi connectivity index (χ2n) is 8.76. The third kappa shape index (κ3) is 4.27. The van der Waals surface area contributed by atoms with Crippen molar-refractivity contribution in [2.75, 3.05) is 6.54 Å². The van der Waals surface area contributed by atoms with E-state index in [4.69, 9.17) is 0 Å². The summed E-state index contributed by atoms with van der Waals surface area (Å²) in [5.74, 6) is -0.625. The molecular formula is C12H23B5F6N2O2. The van der Waals surface area contributed by atoms with Crippen molar-refractivity contribution in [3.63, 3.8) is 0 Å². The van der Waals surface area contributed by atoms with Gasteiger partial charge in [-0.25, -0.2) is 4.79 Å². The van der Waals surface area contributed by atoms with Crippen LogP contribution < -0.4 is 0 Å². The first-order valence-electron chi connectivity index (χ1n) is 8.60. The van der Waals surface area contributed by atoms with E-state index >= 15 is 0 Å². The van der Waals surface area contributed by atoms with Gasteiger partial charge in [0.2, 0.25) is 0 Å². The lowest BCUT2D eigenvalue weighted by Gasteiger charge is -2.59. The van der Waals surface area contributed by atoms with Crippen LogP contribution in [0.1, 0.15) is 20.8 Å². The zero-order chi connectivity index (χ0) is 21.8. The van der Waals surface area contributed by atoms with Crippen LogP contribution in [0.4, 0.5) is 31.1 Å². The van der Waals surface area contributed by atoms with Crippen molar-refractivity contribution >= 4 is 45.3 Å². The van der Waals surface area contributed by atoms with Gasteiger partial charge in [0.1, 0.15) is 31.4 Å². The highest BCUT2D eigenvalue weighted by Crippen LogP contribution is 2.44. The molecule has 0 aromatic heterocycles. The van der Waals surface area contributed by atoms with Gasteiger partial charge < -0.3 is 14.5 Å². The Morgan fingerprint density at radius 1 is 1.04 bits per heavy atom. The molecule has 1 saturated heterocycles. The average molecular weight is 395 g/mol. The van der Waals surface area contributed by atoms with E-state index in [0.717, 1.165) is 4.90 Å². The Balaban J connectivity index is 3.25. The molecule has 27 heavy (non-hydrogen) atoms. The molecule has 0 aliphatic carbocycles. The van der Waals surface area contributed by atoms with Crippen molar-refractivity contribution in [3.05, 3.63) is 0 Å². The Morgan fingerprint density at radius 3 is 1.78 bits per heavy atom. The minimum atomic E-state index is -5.80.